The number of ketones is 1. The van der Waals surface area contributed by atoms with Crippen LogP contribution in [0.15, 0.2) is 35.1 Å². The molecule has 0 saturated heterocycles. The maximum absolute atomic E-state index is 13.5. The molecule has 0 aliphatic rings. The number of fused-ring (bicyclic) bond motifs is 1. The van der Waals surface area contributed by atoms with Gasteiger partial charge in [0.2, 0.25) is 0 Å². The van der Waals surface area contributed by atoms with Gasteiger partial charge in [-0.15, -0.1) is 11.3 Å². The number of aryl methyl sites for hydroxylation is 2. The number of carbonyl (C=O) groups excluding carboxylic acids is 1. The largest absolute Gasteiger partial charge is 0.297 e. The number of benzene rings is 1. The first-order chi connectivity index (χ1) is 13.4. The lowest BCUT2D eigenvalue weighted by molar-refractivity contribution is 0.0928. The molecule has 1 atom stereocenters. The first-order valence-corrected chi connectivity index (χ1v) is 10.5. The molecule has 2 heterocycles. The molecule has 0 radical (unpaired) electrons. The summed E-state index contributed by atoms with van der Waals surface area (Å²) in [6.07, 6.45) is 0. The molecule has 2 aromatic heterocycles. The van der Waals surface area contributed by atoms with E-state index in [9.17, 15) is 9.59 Å². The summed E-state index contributed by atoms with van der Waals surface area (Å²) in [5, 5.41) is 0.638. The van der Waals surface area contributed by atoms with E-state index in [0.717, 1.165) is 28.4 Å². The van der Waals surface area contributed by atoms with Crippen LogP contribution in [0.5, 0.6) is 0 Å². The zero-order valence-electron chi connectivity index (χ0n) is 17.2. The lowest BCUT2D eigenvalue weighted by Crippen LogP contribution is -2.35. The molecule has 0 aliphatic heterocycles. The zero-order chi connectivity index (χ0) is 20.4. The summed E-state index contributed by atoms with van der Waals surface area (Å²) in [4.78, 5) is 35.5. The number of hydrogen-bond acceptors (Lipinski definition) is 5. The average molecular weight is 398 g/mol. The van der Waals surface area contributed by atoms with Crippen LogP contribution in [0.25, 0.3) is 10.2 Å². The molecule has 148 valence electrons. The van der Waals surface area contributed by atoms with Gasteiger partial charge in [0.15, 0.2) is 5.78 Å². The molecule has 1 unspecified atom stereocenters. The van der Waals surface area contributed by atoms with Gasteiger partial charge in [-0.3, -0.25) is 19.1 Å². The third-order valence-corrected chi connectivity index (χ3v) is 6.49. The predicted molar refractivity (Wildman–Crippen MR) is 115 cm³/mol. The number of Topliss-reactive ketones (excluding diaryl/α,β-unsaturated/α-hetero) is 1. The Balaban J connectivity index is 2.20. The minimum atomic E-state index is -0.614. The summed E-state index contributed by atoms with van der Waals surface area (Å²) in [6.45, 7) is 12.2. The summed E-state index contributed by atoms with van der Waals surface area (Å²) in [5.74, 6) is 0.577. The maximum atomic E-state index is 13.5. The molecular formula is C22H27N3O2S. The van der Waals surface area contributed by atoms with E-state index in [1.165, 1.54) is 0 Å². The highest BCUT2D eigenvalue weighted by Crippen LogP contribution is 2.27. The van der Waals surface area contributed by atoms with Crippen molar-refractivity contribution in [3.8, 4) is 0 Å². The summed E-state index contributed by atoms with van der Waals surface area (Å²) < 4.78 is 1.61. The van der Waals surface area contributed by atoms with Crippen LogP contribution in [0, 0.1) is 13.8 Å². The Bertz CT molecular complexity index is 1050. The van der Waals surface area contributed by atoms with Gasteiger partial charge in [-0.2, -0.15) is 0 Å². The molecule has 6 heteroatoms. The average Bonchev–Trinajstić information content (AvgIpc) is 2.99. The van der Waals surface area contributed by atoms with E-state index in [1.54, 1.807) is 35.0 Å². The monoisotopic (exact) mass is 397 g/mol. The molecule has 0 bridgehead atoms. The van der Waals surface area contributed by atoms with E-state index < -0.39 is 6.04 Å². The second-order valence-corrected chi connectivity index (χ2v) is 8.24. The smallest absolute Gasteiger partial charge is 0.263 e. The highest BCUT2D eigenvalue weighted by Gasteiger charge is 2.25. The van der Waals surface area contributed by atoms with Gasteiger partial charge in [0, 0.05) is 10.4 Å². The third-order valence-electron chi connectivity index (χ3n) is 5.39. The van der Waals surface area contributed by atoms with Crippen LogP contribution in [0.2, 0.25) is 0 Å². The molecular weight excluding hydrogens is 370 g/mol. The second kappa shape index (κ2) is 8.37. The summed E-state index contributed by atoms with van der Waals surface area (Å²) >= 11 is 1.55. The molecule has 3 aromatic rings. The van der Waals surface area contributed by atoms with Gasteiger partial charge >= 0.3 is 0 Å². The van der Waals surface area contributed by atoms with E-state index in [0.29, 0.717) is 23.3 Å². The molecule has 0 amide bonds. The first-order valence-electron chi connectivity index (χ1n) is 9.71. The minimum Gasteiger partial charge on any atom is -0.297 e. The van der Waals surface area contributed by atoms with Crippen molar-refractivity contribution in [1.82, 2.24) is 14.5 Å². The van der Waals surface area contributed by atoms with Crippen LogP contribution in [0.3, 0.4) is 0 Å². The number of carbonyl (C=O) groups is 1. The molecule has 28 heavy (non-hydrogen) atoms. The number of aromatic nitrogens is 2. The number of hydrogen-bond donors (Lipinski definition) is 0. The van der Waals surface area contributed by atoms with E-state index in [2.05, 4.69) is 18.7 Å². The second-order valence-electron chi connectivity index (χ2n) is 7.03. The lowest BCUT2D eigenvalue weighted by Gasteiger charge is -2.23. The molecule has 0 N–H and O–H groups in total. The van der Waals surface area contributed by atoms with E-state index in [1.807, 2.05) is 32.0 Å². The molecule has 0 spiro atoms. The molecule has 3 rings (SSSR count). The summed E-state index contributed by atoms with van der Waals surface area (Å²) in [7, 11) is 0. The van der Waals surface area contributed by atoms with Crippen molar-refractivity contribution in [2.24, 2.45) is 0 Å². The van der Waals surface area contributed by atoms with Gasteiger partial charge < -0.3 is 0 Å². The highest BCUT2D eigenvalue weighted by atomic mass is 32.1. The number of rotatable bonds is 7. The number of nitrogens with zero attached hydrogens (tertiary/aromatic N) is 3. The highest BCUT2D eigenvalue weighted by molar-refractivity contribution is 7.18. The van der Waals surface area contributed by atoms with Gasteiger partial charge in [-0.1, -0.05) is 44.2 Å². The van der Waals surface area contributed by atoms with E-state index >= 15 is 0 Å². The van der Waals surface area contributed by atoms with Crippen molar-refractivity contribution in [2.75, 3.05) is 13.1 Å². The lowest BCUT2D eigenvalue weighted by atomic mass is 10.0. The SMILES string of the molecule is CCN(CC)Cc1nc2sc(C)c(C)c2c(=O)n1C(C)C(=O)c1ccccc1. The molecule has 0 fully saturated rings. The normalized spacial score (nSPS) is 12.6. The standard InChI is InChI=1S/C22H27N3O2S/c1-6-24(7-2)13-18-23-21-19(14(3)16(5)28-21)22(27)25(18)15(4)20(26)17-11-9-8-10-12-17/h8-12,15H,6-7,13H2,1-5H3. The van der Waals surface area contributed by atoms with Crippen LogP contribution in [-0.4, -0.2) is 33.3 Å². The van der Waals surface area contributed by atoms with Gasteiger partial charge in [0.1, 0.15) is 10.7 Å². The quantitative estimate of drug-likeness (QED) is 0.556. The minimum absolute atomic E-state index is 0.0748. The molecule has 5 nitrogen and oxygen atoms in total. The van der Waals surface area contributed by atoms with Crippen molar-refractivity contribution >= 4 is 27.3 Å². The topological polar surface area (TPSA) is 55.2 Å². The van der Waals surface area contributed by atoms with Gasteiger partial charge in [0.05, 0.1) is 18.0 Å². The van der Waals surface area contributed by atoms with Gasteiger partial charge in [-0.25, -0.2) is 4.98 Å². The Morgan fingerprint density at radius 2 is 1.82 bits per heavy atom. The third kappa shape index (κ3) is 3.66. The van der Waals surface area contributed by atoms with Crippen molar-refractivity contribution in [1.29, 1.82) is 0 Å². The van der Waals surface area contributed by atoms with E-state index in [-0.39, 0.29) is 11.3 Å². The van der Waals surface area contributed by atoms with Crippen molar-refractivity contribution in [2.45, 2.75) is 47.2 Å². The molecule has 1 aromatic carbocycles. The Kier molecular flexibility index (Phi) is 6.10. The Labute approximate surface area is 169 Å². The fourth-order valence-electron chi connectivity index (χ4n) is 3.47. The van der Waals surface area contributed by atoms with Crippen molar-refractivity contribution < 1.29 is 4.79 Å². The molecule has 0 saturated carbocycles. The predicted octanol–water partition coefficient (Wildman–Crippen LogP) is 4.36. The van der Waals surface area contributed by atoms with Crippen LogP contribution in [-0.2, 0) is 6.54 Å². The van der Waals surface area contributed by atoms with Crippen LogP contribution < -0.4 is 5.56 Å². The van der Waals surface area contributed by atoms with Crippen molar-refractivity contribution in [3.63, 3.8) is 0 Å². The van der Waals surface area contributed by atoms with Crippen LogP contribution in [0.4, 0.5) is 0 Å². The van der Waals surface area contributed by atoms with Gasteiger partial charge in [0.25, 0.3) is 5.56 Å². The number of thiophene rings is 1. The van der Waals surface area contributed by atoms with Crippen molar-refractivity contribution in [3.05, 3.63) is 62.5 Å². The summed E-state index contributed by atoms with van der Waals surface area (Å²) in [5.41, 5.74) is 1.44. The first kappa shape index (κ1) is 20.4. The fraction of sp³-hybridized carbons (Fsp3) is 0.409. The summed E-state index contributed by atoms with van der Waals surface area (Å²) in [6, 6.07) is 8.53. The molecule has 0 aliphatic carbocycles. The Morgan fingerprint density at radius 1 is 1.18 bits per heavy atom. The van der Waals surface area contributed by atoms with Crippen LogP contribution >= 0.6 is 11.3 Å². The van der Waals surface area contributed by atoms with E-state index in [4.69, 9.17) is 4.98 Å². The Morgan fingerprint density at radius 3 is 2.43 bits per heavy atom. The van der Waals surface area contributed by atoms with Gasteiger partial charge in [-0.05, 0) is 39.4 Å². The maximum Gasteiger partial charge on any atom is 0.263 e. The van der Waals surface area contributed by atoms with Crippen LogP contribution in [0.1, 0.15) is 53.4 Å². The Hall–Kier alpha value is -2.31. The fourth-order valence-corrected chi connectivity index (χ4v) is 4.51. The zero-order valence-corrected chi connectivity index (χ0v) is 18.0.